The predicted molar refractivity (Wildman–Crippen MR) is 94.4 cm³/mol. The molecule has 0 unspecified atom stereocenters. The Morgan fingerprint density at radius 3 is 2.92 bits per heavy atom. The Morgan fingerprint density at radius 1 is 1.31 bits per heavy atom. The van der Waals surface area contributed by atoms with Gasteiger partial charge in [0.25, 0.3) is 0 Å². The maximum Gasteiger partial charge on any atom is 0.491 e. The van der Waals surface area contributed by atoms with Gasteiger partial charge in [-0.1, -0.05) is 6.07 Å². The normalized spacial score (nSPS) is 12.8. The fraction of sp³-hybridized carbons (Fsp3) is 0.333. The Bertz CT molecular complexity index is 822. The number of hydrogen-bond donors (Lipinski definition) is 1. The predicted octanol–water partition coefficient (Wildman–Crippen LogP) is 1.77. The van der Waals surface area contributed by atoms with Crippen LogP contribution >= 0.6 is 0 Å². The fourth-order valence-corrected chi connectivity index (χ4v) is 2.49. The number of pyridine rings is 1. The molecule has 0 spiro atoms. The van der Waals surface area contributed by atoms with Gasteiger partial charge in [-0.25, -0.2) is 0 Å². The van der Waals surface area contributed by atoms with Crippen molar-refractivity contribution in [3.05, 3.63) is 41.5 Å². The third-order valence-corrected chi connectivity index (χ3v) is 3.73. The average molecular weight is 354 g/mol. The fourth-order valence-electron chi connectivity index (χ4n) is 2.49. The first-order valence-electron chi connectivity index (χ1n) is 8.32. The summed E-state index contributed by atoms with van der Waals surface area (Å²) in [5.41, 5.74) is 1.93. The first-order valence-corrected chi connectivity index (χ1v) is 8.32. The molecule has 2 heterocycles. The number of nitriles is 1. The van der Waals surface area contributed by atoms with Gasteiger partial charge in [-0.15, -0.1) is 0 Å². The van der Waals surface area contributed by atoms with Gasteiger partial charge in [0.2, 0.25) is 11.8 Å². The van der Waals surface area contributed by atoms with Crippen LogP contribution in [-0.4, -0.2) is 36.4 Å². The summed E-state index contributed by atoms with van der Waals surface area (Å²) in [6.07, 6.45) is 0.110. The van der Waals surface area contributed by atoms with Gasteiger partial charge >= 0.3 is 7.12 Å². The lowest BCUT2D eigenvalue weighted by Crippen LogP contribution is -2.27. The molecule has 2 aromatic rings. The monoisotopic (exact) mass is 354 g/mol. The van der Waals surface area contributed by atoms with Crippen molar-refractivity contribution in [3.63, 3.8) is 0 Å². The molecule has 0 saturated carbocycles. The van der Waals surface area contributed by atoms with Crippen LogP contribution in [0, 0.1) is 11.3 Å². The van der Waals surface area contributed by atoms with Crippen molar-refractivity contribution in [1.29, 1.82) is 5.26 Å². The number of rotatable bonds is 7. The maximum atomic E-state index is 9.66. The summed E-state index contributed by atoms with van der Waals surface area (Å²) in [6.45, 7) is 4.90. The zero-order valence-electron chi connectivity index (χ0n) is 14.6. The molecule has 1 aliphatic heterocycles. The molecule has 0 atom stereocenters. The van der Waals surface area contributed by atoms with Crippen LogP contribution in [0.3, 0.4) is 0 Å². The van der Waals surface area contributed by atoms with E-state index in [0.29, 0.717) is 30.4 Å². The number of benzene rings is 1. The van der Waals surface area contributed by atoms with Gasteiger partial charge in [-0.2, -0.15) is 10.2 Å². The lowest BCUT2D eigenvalue weighted by atomic mass is 9.80. The van der Waals surface area contributed by atoms with Crippen molar-refractivity contribution in [1.82, 2.24) is 4.98 Å². The summed E-state index contributed by atoms with van der Waals surface area (Å²) in [7, 11) is -0.889. The molecule has 0 amide bonds. The van der Waals surface area contributed by atoms with Gasteiger partial charge in [0.1, 0.15) is 24.0 Å². The molecule has 0 saturated heterocycles. The summed E-state index contributed by atoms with van der Waals surface area (Å²) in [4.78, 5) is 4.26. The van der Waals surface area contributed by atoms with Crippen molar-refractivity contribution in [2.24, 2.45) is 0 Å². The third-order valence-electron chi connectivity index (χ3n) is 3.73. The number of fused-ring (bicyclic) bond motifs is 1. The first-order chi connectivity index (χ1) is 12.6. The lowest BCUT2D eigenvalue weighted by Gasteiger charge is -2.11. The van der Waals surface area contributed by atoms with E-state index in [1.165, 1.54) is 0 Å². The summed E-state index contributed by atoms with van der Waals surface area (Å²) >= 11 is 0. The third kappa shape index (κ3) is 4.32. The molecule has 0 aliphatic carbocycles. The second-order valence-electron chi connectivity index (χ2n) is 6.01. The highest BCUT2D eigenvalue weighted by atomic mass is 16.5. The van der Waals surface area contributed by atoms with E-state index in [1.54, 1.807) is 30.3 Å². The second kappa shape index (κ2) is 8.19. The van der Waals surface area contributed by atoms with Gasteiger partial charge in [-0.3, -0.25) is 0 Å². The molecular formula is C18H19BN2O5. The van der Waals surface area contributed by atoms with E-state index in [2.05, 4.69) is 4.98 Å². The molecule has 1 N–H and O–H groups in total. The van der Waals surface area contributed by atoms with Crippen LogP contribution < -0.4 is 14.9 Å². The molecular weight excluding hydrogens is 335 g/mol. The molecule has 0 radical (unpaired) electrons. The minimum Gasteiger partial charge on any atom is -0.474 e. The average Bonchev–Trinajstić information content (AvgIpc) is 2.99. The van der Waals surface area contributed by atoms with Crippen LogP contribution in [0.25, 0.3) is 0 Å². The molecule has 1 aliphatic rings. The minimum absolute atomic E-state index is 0.110. The summed E-state index contributed by atoms with van der Waals surface area (Å²) in [5.74, 6) is 1.08. The zero-order chi connectivity index (χ0) is 18.5. The Balaban J connectivity index is 1.70. The Labute approximate surface area is 152 Å². The van der Waals surface area contributed by atoms with Crippen LogP contribution in [0.1, 0.15) is 25.0 Å². The molecule has 0 fully saturated rings. The smallest absolute Gasteiger partial charge is 0.474 e. The molecule has 8 heteroatoms. The van der Waals surface area contributed by atoms with Crippen LogP contribution in [0.4, 0.5) is 0 Å². The SMILES string of the molecule is CC(C)OCCOc1nc(Oc2ccc3c(c2)COB3O)ccc1C#N. The van der Waals surface area contributed by atoms with E-state index < -0.39 is 7.12 Å². The second-order valence-corrected chi connectivity index (χ2v) is 6.01. The molecule has 1 aromatic heterocycles. The van der Waals surface area contributed by atoms with E-state index in [9.17, 15) is 10.3 Å². The molecule has 134 valence electrons. The lowest BCUT2D eigenvalue weighted by molar-refractivity contribution is 0.0541. The van der Waals surface area contributed by atoms with E-state index >= 15 is 0 Å². The highest BCUT2D eigenvalue weighted by molar-refractivity contribution is 6.61. The van der Waals surface area contributed by atoms with Gasteiger partial charge in [-0.05, 0) is 43.1 Å². The van der Waals surface area contributed by atoms with Crippen molar-refractivity contribution >= 4 is 12.6 Å². The molecule has 0 bridgehead atoms. The maximum absolute atomic E-state index is 9.66. The highest BCUT2D eigenvalue weighted by Crippen LogP contribution is 2.25. The summed E-state index contributed by atoms with van der Waals surface area (Å²) < 4.78 is 21.9. The molecule has 3 rings (SSSR count). The Morgan fingerprint density at radius 2 is 2.15 bits per heavy atom. The standard InChI is InChI=1S/C18H19BN2O5/c1-12(2)23-7-8-24-18-13(10-20)3-6-17(21-18)26-15-4-5-16-14(9-15)11-25-19(16)22/h3-6,9,12,22H,7-8,11H2,1-2H3. The topological polar surface area (TPSA) is 93.8 Å². The number of aromatic nitrogens is 1. The van der Waals surface area contributed by atoms with Crippen molar-refractivity contribution in [3.8, 4) is 23.6 Å². The van der Waals surface area contributed by atoms with Gasteiger partial charge < -0.3 is 23.9 Å². The molecule has 1 aromatic carbocycles. The number of nitrogens with zero attached hydrogens (tertiary/aromatic N) is 2. The molecule has 26 heavy (non-hydrogen) atoms. The van der Waals surface area contributed by atoms with Crippen LogP contribution in [0.15, 0.2) is 30.3 Å². The van der Waals surface area contributed by atoms with Gasteiger partial charge in [0.05, 0.1) is 19.3 Å². The van der Waals surface area contributed by atoms with Crippen LogP contribution in [-0.2, 0) is 16.0 Å². The van der Waals surface area contributed by atoms with E-state index in [0.717, 1.165) is 11.0 Å². The van der Waals surface area contributed by atoms with Crippen molar-refractivity contribution in [2.45, 2.75) is 26.6 Å². The van der Waals surface area contributed by atoms with Crippen molar-refractivity contribution < 1.29 is 23.9 Å². The van der Waals surface area contributed by atoms with E-state index in [4.69, 9.17) is 18.9 Å². The largest absolute Gasteiger partial charge is 0.491 e. The van der Waals surface area contributed by atoms with E-state index in [1.807, 2.05) is 19.9 Å². The highest BCUT2D eigenvalue weighted by Gasteiger charge is 2.27. The summed E-state index contributed by atoms with van der Waals surface area (Å²) in [6, 6.07) is 10.5. The van der Waals surface area contributed by atoms with Crippen LogP contribution in [0.2, 0.25) is 0 Å². The first kappa shape index (κ1) is 18.2. The van der Waals surface area contributed by atoms with Gasteiger partial charge in [0.15, 0.2) is 0 Å². The number of hydrogen-bond acceptors (Lipinski definition) is 7. The van der Waals surface area contributed by atoms with E-state index in [-0.39, 0.29) is 18.6 Å². The van der Waals surface area contributed by atoms with Crippen LogP contribution in [0.5, 0.6) is 17.5 Å². The Hall–Kier alpha value is -2.60. The summed E-state index contributed by atoms with van der Waals surface area (Å²) in [5, 5.41) is 18.9. The number of ether oxygens (including phenoxy) is 3. The molecule has 7 nitrogen and oxygen atoms in total. The quantitative estimate of drug-likeness (QED) is 0.598. The minimum atomic E-state index is -0.889. The Kier molecular flexibility index (Phi) is 5.73. The van der Waals surface area contributed by atoms with Crippen molar-refractivity contribution in [2.75, 3.05) is 13.2 Å². The zero-order valence-corrected chi connectivity index (χ0v) is 14.6. The van der Waals surface area contributed by atoms with Gasteiger partial charge in [0, 0.05) is 6.07 Å².